The Morgan fingerprint density at radius 2 is 1.81 bits per heavy atom. The molecule has 190 valence electrons. The first-order chi connectivity index (χ1) is 17.3. The molecule has 1 saturated carbocycles. The Balaban J connectivity index is 1.22. The zero-order chi connectivity index (χ0) is 25.4. The highest BCUT2D eigenvalue weighted by atomic mass is 32.2. The highest BCUT2D eigenvalue weighted by molar-refractivity contribution is 8.04. The molecule has 0 aromatic heterocycles. The average Bonchev–Trinajstić information content (AvgIpc) is 2.87. The van der Waals surface area contributed by atoms with Crippen LogP contribution in [0.3, 0.4) is 0 Å². The molecule has 4 unspecified atom stereocenters. The van der Waals surface area contributed by atoms with E-state index in [1.165, 1.54) is 16.8 Å². The van der Waals surface area contributed by atoms with E-state index in [2.05, 4.69) is 73.0 Å². The summed E-state index contributed by atoms with van der Waals surface area (Å²) in [6, 6.07) is 17.3. The van der Waals surface area contributed by atoms with E-state index in [0.717, 1.165) is 49.4 Å². The molecule has 36 heavy (non-hydrogen) atoms. The fourth-order valence-corrected chi connectivity index (χ4v) is 7.45. The van der Waals surface area contributed by atoms with Gasteiger partial charge < -0.3 is 14.7 Å². The topological polar surface area (TPSA) is 43.9 Å². The van der Waals surface area contributed by atoms with Crippen LogP contribution in [0, 0.1) is 19.8 Å². The maximum Gasteiger partial charge on any atom is 0.260 e. The van der Waals surface area contributed by atoms with Crippen LogP contribution < -0.4 is 4.90 Å². The van der Waals surface area contributed by atoms with Crippen molar-refractivity contribution in [2.45, 2.75) is 57.4 Å². The van der Waals surface area contributed by atoms with Crippen LogP contribution in [0.25, 0.3) is 6.08 Å². The van der Waals surface area contributed by atoms with Crippen molar-refractivity contribution in [3.05, 3.63) is 70.1 Å². The van der Waals surface area contributed by atoms with Crippen LogP contribution in [0.15, 0.2) is 53.4 Å². The second-order valence-electron chi connectivity index (χ2n) is 10.7. The molecule has 0 spiro atoms. The molecule has 0 bridgehead atoms. The van der Waals surface area contributed by atoms with E-state index in [9.17, 15) is 9.59 Å². The summed E-state index contributed by atoms with van der Waals surface area (Å²) in [5, 5.41) is 0.352. The van der Waals surface area contributed by atoms with Gasteiger partial charge in [-0.05, 0) is 63.8 Å². The molecule has 6 heteroatoms. The van der Waals surface area contributed by atoms with Crippen LogP contribution in [-0.4, -0.2) is 65.6 Å². The number of piperazine rings is 1. The van der Waals surface area contributed by atoms with Crippen molar-refractivity contribution in [2.75, 3.05) is 31.6 Å². The normalized spacial score (nSPS) is 27.8. The molecule has 2 aliphatic heterocycles. The van der Waals surface area contributed by atoms with Gasteiger partial charge in [0.05, 0.1) is 4.91 Å². The van der Waals surface area contributed by atoms with E-state index in [1.807, 2.05) is 24.1 Å². The zero-order valence-corrected chi connectivity index (χ0v) is 22.6. The number of hydrogen-bond acceptors (Lipinski definition) is 4. The lowest BCUT2D eigenvalue weighted by atomic mass is 9.83. The molecule has 1 aliphatic carbocycles. The van der Waals surface area contributed by atoms with Crippen molar-refractivity contribution >= 4 is 35.3 Å². The zero-order valence-electron chi connectivity index (χ0n) is 21.8. The fraction of sp³-hybridized carbons (Fsp3) is 0.467. The number of thioether (sulfide) groups is 1. The number of amides is 2. The number of benzene rings is 2. The summed E-state index contributed by atoms with van der Waals surface area (Å²) in [5.41, 5.74) is 4.75. The fourth-order valence-electron chi connectivity index (χ4n) is 5.97. The quantitative estimate of drug-likeness (QED) is 0.545. The van der Waals surface area contributed by atoms with Crippen molar-refractivity contribution in [2.24, 2.45) is 5.92 Å². The number of fused-ring (bicyclic) bond motifs is 1. The third-order valence-electron chi connectivity index (χ3n) is 8.06. The Hall–Kier alpha value is -2.73. The van der Waals surface area contributed by atoms with Crippen LogP contribution in [-0.2, 0) is 9.59 Å². The van der Waals surface area contributed by atoms with Crippen molar-refractivity contribution in [3.8, 4) is 0 Å². The van der Waals surface area contributed by atoms with Gasteiger partial charge in [0.25, 0.3) is 5.91 Å². The van der Waals surface area contributed by atoms with Gasteiger partial charge >= 0.3 is 0 Å². The van der Waals surface area contributed by atoms with E-state index in [1.54, 1.807) is 11.8 Å². The van der Waals surface area contributed by atoms with E-state index in [4.69, 9.17) is 0 Å². The molecule has 0 radical (unpaired) electrons. The molecular weight excluding hydrogens is 466 g/mol. The first-order valence-corrected chi connectivity index (χ1v) is 14.0. The molecule has 3 fully saturated rings. The molecule has 2 aromatic carbocycles. The van der Waals surface area contributed by atoms with Gasteiger partial charge in [-0.2, -0.15) is 0 Å². The molecule has 5 nitrogen and oxygen atoms in total. The van der Waals surface area contributed by atoms with Gasteiger partial charge in [0.15, 0.2) is 0 Å². The highest BCUT2D eigenvalue weighted by Crippen LogP contribution is 2.43. The summed E-state index contributed by atoms with van der Waals surface area (Å²) in [6.07, 6.45) is 4.66. The first kappa shape index (κ1) is 24.9. The smallest absolute Gasteiger partial charge is 0.260 e. The lowest BCUT2D eigenvalue weighted by Gasteiger charge is -2.46. The van der Waals surface area contributed by atoms with E-state index < -0.39 is 0 Å². The lowest BCUT2D eigenvalue weighted by Crippen LogP contribution is -2.57. The maximum absolute atomic E-state index is 13.6. The van der Waals surface area contributed by atoms with Gasteiger partial charge in [-0.15, -0.1) is 11.8 Å². The van der Waals surface area contributed by atoms with Gasteiger partial charge in [0.2, 0.25) is 5.91 Å². The van der Waals surface area contributed by atoms with Crippen LogP contribution in [0.1, 0.15) is 42.9 Å². The van der Waals surface area contributed by atoms with Crippen LogP contribution >= 0.6 is 11.8 Å². The van der Waals surface area contributed by atoms with Gasteiger partial charge in [-0.3, -0.25) is 9.59 Å². The summed E-state index contributed by atoms with van der Waals surface area (Å²) in [4.78, 5) is 34.0. The number of anilines is 1. The summed E-state index contributed by atoms with van der Waals surface area (Å²) in [7, 11) is 1.92. The average molecular weight is 504 g/mol. The molecule has 4 atom stereocenters. The third kappa shape index (κ3) is 5.06. The highest BCUT2D eigenvalue weighted by Gasteiger charge is 2.44. The number of likely N-dealkylation sites (N-methyl/N-ethyl adjacent to an activating group) is 1. The van der Waals surface area contributed by atoms with Crippen LogP contribution in [0.5, 0.6) is 0 Å². The predicted molar refractivity (Wildman–Crippen MR) is 149 cm³/mol. The first-order valence-electron chi connectivity index (χ1n) is 13.1. The van der Waals surface area contributed by atoms with Gasteiger partial charge in [0.1, 0.15) is 0 Å². The summed E-state index contributed by atoms with van der Waals surface area (Å²) >= 11 is 1.71. The number of aryl methyl sites for hydroxylation is 2. The molecule has 2 heterocycles. The number of hydrogen-bond donors (Lipinski definition) is 0. The molecule has 5 rings (SSSR count). The largest absolute Gasteiger partial charge is 0.365 e. The minimum absolute atomic E-state index is 0.00234. The molecular formula is C30H37N3O2S. The third-order valence-corrected chi connectivity index (χ3v) is 9.45. The molecule has 2 aromatic rings. The summed E-state index contributed by atoms with van der Waals surface area (Å²) in [5.74, 6) is 0.356. The molecule has 0 N–H and O–H groups in total. The number of rotatable bonds is 3. The van der Waals surface area contributed by atoms with Crippen LogP contribution in [0.4, 0.5) is 5.69 Å². The van der Waals surface area contributed by atoms with Crippen molar-refractivity contribution < 1.29 is 9.59 Å². The second-order valence-corrected chi connectivity index (χ2v) is 12.0. The number of nitrogens with zero attached hydrogens (tertiary/aromatic N) is 3. The Kier molecular flexibility index (Phi) is 7.16. The Morgan fingerprint density at radius 1 is 1.03 bits per heavy atom. The SMILES string of the molecule is Cc1ccc(N2CCN(C(=O)C3CCC4S/C(=C\c5cccc(C)c5)C(=O)N(C)C4C3)CC2C)cc1. The molecule has 2 amide bonds. The van der Waals surface area contributed by atoms with E-state index >= 15 is 0 Å². The monoisotopic (exact) mass is 503 g/mol. The number of carbonyl (C=O) groups is 2. The van der Waals surface area contributed by atoms with Gasteiger partial charge in [-0.1, -0.05) is 47.5 Å². The van der Waals surface area contributed by atoms with E-state index in [0.29, 0.717) is 5.25 Å². The predicted octanol–water partition coefficient (Wildman–Crippen LogP) is 5.12. The molecule has 2 saturated heterocycles. The Labute approximate surface area is 219 Å². The van der Waals surface area contributed by atoms with Gasteiger partial charge in [-0.25, -0.2) is 0 Å². The standard InChI is InChI=1S/C30H37N3O2S/c1-20-8-11-25(12-9-20)33-15-14-32(19-22(33)3)29(34)24-10-13-27-26(18-24)31(4)30(35)28(36-27)17-23-7-5-6-21(2)16-23/h5-9,11-12,16-17,22,24,26-27H,10,13-15,18-19H2,1-4H3/b28-17-. The van der Waals surface area contributed by atoms with Crippen LogP contribution in [0.2, 0.25) is 0 Å². The Bertz CT molecular complexity index is 1160. The summed E-state index contributed by atoms with van der Waals surface area (Å²) in [6.45, 7) is 8.76. The lowest BCUT2D eigenvalue weighted by molar-refractivity contribution is -0.139. The maximum atomic E-state index is 13.6. The molecule has 3 aliphatic rings. The van der Waals surface area contributed by atoms with Crippen molar-refractivity contribution in [1.82, 2.24) is 9.80 Å². The van der Waals surface area contributed by atoms with Crippen molar-refractivity contribution in [1.29, 1.82) is 0 Å². The summed E-state index contributed by atoms with van der Waals surface area (Å²) < 4.78 is 0. The second kappa shape index (κ2) is 10.3. The number of carbonyl (C=O) groups excluding carboxylic acids is 2. The minimum atomic E-state index is 0.00234. The minimum Gasteiger partial charge on any atom is -0.365 e. The Morgan fingerprint density at radius 3 is 2.53 bits per heavy atom. The van der Waals surface area contributed by atoms with Gasteiger partial charge in [0, 0.05) is 55.6 Å². The van der Waals surface area contributed by atoms with Crippen molar-refractivity contribution in [3.63, 3.8) is 0 Å². The van der Waals surface area contributed by atoms with E-state index in [-0.39, 0.29) is 29.8 Å².